The molecule has 0 unspecified atom stereocenters. The predicted molar refractivity (Wildman–Crippen MR) is 74.6 cm³/mol. The SMILES string of the molecule is O=C(O)COc1ccccc1NC(=O)c1cnc(Cl)cn1. The molecule has 1 amide bonds. The van der Waals surface area contributed by atoms with E-state index in [9.17, 15) is 9.59 Å². The minimum atomic E-state index is -1.11. The predicted octanol–water partition coefficient (Wildman–Crippen LogP) is 1.85. The molecule has 0 bridgehead atoms. The second-order valence-corrected chi connectivity index (χ2v) is 4.24. The number of nitrogens with zero attached hydrogens (tertiary/aromatic N) is 2. The number of rotatable bonds is 5. The first-order valence-corrected chi connectivity index (χ1v) is 6.16. The van der Waals surface area contributed by atoms with Crippen LogP contribution in [0.15, 0.2) is 36.7 Å². The second kappa shape index (κ2) is 6.67. The number of aromatic nitrogens is 2. The largest absolute Gasteiger partial charge is 0.480 e. The van der Waals surface area contributed by atoms with Gasteiger partial charge in [-0.25, -0.2) is 14.8 Å². The molecule has 108 valence electrons. The van der Waals surface area contributed by atoms with Crippen LogP contribution in [0.1, 0.15) is 10.5 Å². The van der Waals surface area contributed by atoms with E-state index in [1.54, 1.807) is 24.3 Å². The van der Waals surface area contributed by atoms with Crippen LogP contribution in [-0.2, 0) is 4.79 Å². The lowest BCUT2D eigenvalue weighted by atomic mass is 10.3. The Morgan fingerprint density at radius 1 is 1.24 bits per heavy atom. The van der Waals surface area contributed by atoms with Gasteiger partial charge in [-0.1, -0.05) is 23.7 Å². The highest BCUT2D eigenvalue weighted by Crippen LogP contribution is 2.24. The summed E-state index contributed by atoms with van der Waals surface area (Å²) in [6, 6.07) is 6.47. The number of carbonyl (C=O) groups is 2. The highest BCUT2D eigenvalue weighted by atomic mass is 35.5. The number of nitrogens with one attached hydrogen (secondary N) is 1. The quantitative estimate of drug-likeness (QED) is 0.874. The van der Waals surface area contributed by atoms with Crippen LogP contribution in [-0.4, -0.2) is 33.6 Å². The zero-order chi connectivity index (χ0) is 15.2. The number of amides is 1. The van der Waals surface area contributed by atoms with Gasteiger partial charge in [0.15, 0.2) is 6.61 Å². The fourth-order valence-corrected chi connectivity index (χ4v) is 1.55. The summed E-state index contributed by atoms with van der Waals surface area (Å²) in [4.78, 5) is 30.1. The van der Waals surface area contributed by atoms with E-state index in [0.29, 0.717) is 5.69 Å². The van der Waals surface area contributed by atoms with Gasteiger partial charge >= 0.3 is 5.97 Å². The smallest absolute Gasteiger partial charge is 0.341 e. The van der Waals surface area contributed by atoms with Crippen molar-refractivity contribution in [1.29, 1.82) is 0 Å². The summed E-state index contributed by atoms with van der Waals surface area (Å²) in [6.45, 7) is -0.506. The number of carboxylic acids is 1. The molecule has 1 heterocycles. The van der Waals surface area contributed by atoms with E-state index in [-0.39, 0.29) is 16.6 Å². The van der Waals surface area contributed by atoms with Crippen LogP contribution in [0, 0.1) is 0 Å². The number of carbonyl (C=O) groups excluding carboxylic acids is 1. The first-order valence-electron chi connectivity index (χ1n) is 5.79. The van der Waals surface area contributed by atoms with Gasteiger partial charge in [0.25, 0.3) is 5.91 Å². The average Bonchev–Trinajstić information content (AvgIpc) is 2.47. The zero-order valence-corrected chi connectivity index (χ0v) is 11.4. The Morgan fingerprint density at radius 2 is 2.00 bits per heavy atom. The van der Waals surface area contributed by atoms with Crippen molar-refractivity contribution >= 4 is 29.2 Å². The third kappa shape index (κ3) is 4.15. The summed E-state index contributed by atoms with van der Waals surface area (Å²) < 4.78 is 5.08. The van der Waals surface area contributed by atoms with Gasteiger partial charge in [0, 0.05) is 0 Å². The van der Waals surface area contributed by atoms with E-state index in [1.807, 2.05) is 0 Å². The molecule has 2 rings (SSSR count). The Bertz CT molecular complexity index is 661. The van der Waals surface area contributed by atoms with Crippen molar-refractivity contribution in [1.82, 2.24) is 9.97 Å². The number of aliphatic carboxylic acids is 1. The van der Waals surface area contributed by atoms with Crippen molar-refractivity contribution in [2.75, 3.05) is 11.9 Å². The van der Waals surface area contributed by atoms with Gasteiger partial charge in [0.1, 0.15) is 16.6 Å². The molecule has 0 saturated carbocycles. The molecule has 0 aliphatic rings. The maximum atomic E-state index is 12.0. The van der Waals surface area contributed by atoms with E-state index in [0.717, 1.165) is 0 Å². The summed E-state index contributed by atoms with van der Waals surface area (Å²) in [6.07, 6.45) is 2.49. The Kier molecular flexibility index (Phi) is 4.68. The molecule has 0 aliphatic heterocycles. The van der Waals surface area contributed by atoms with Crippen LogP contribution in [0.5, 0.6) is 5.75 Å². The van der Waals surface area contributed by atoms with Crippen molar-refractivity contribution < 1.29 is 19.4 Å². The number of ether oxygens (including phenoxy) is 1. The number of hydrogen-bond donors (Lipinski definition) is 2. The van der Waals surface area contributed by atoms with Crippen LogP contribution >= 0.6 is 11.6 Å². The average molecular weight is 308 g/mol. The number of hydrogen-bond acceptors (Lipinski definition) is 5. The molecule has 0 radical (unpaired) electrons. The Morgan fingerprint density at radius 3 is 2.67 bits per heavy atom. The first-order chi connectivity index (χ1) is 10.1. The fourth-order valence-electron chi connectivity index (χ4n) is 1.45. The van der Waals surface area contributed by atoms with E-state index >= 15 is 0 Å². The van der Waals surface area contributed by atoms with Gasteiger partial charge in [-0.15, -0.1) is 0 Å². The van der Waals surface area contributed by atoms with E-state index < -0.39 is 18.5 Å². The van der Waals surface area contributed by atoms with Crippen LogP contribution in [0.3, 0.4) is 0 Å². The van der Waals surface area contributed by atoms with Crippen LogP contribution in [0.25, 0.3) is 0 Å². The van der Waals surface area contributed by atoms with Crippen molar-refractivity contribution in [3.63, 3.8) is 0 Å². The minimum absolute atomic E-state index is 0.0763. The lowest BCUT2D eigenvalue weighted by Crippen LogP contribution is -2.16. The van der Waals surface area contributed by atoms with Gasteiger partial charge in [-0.3, -0.25) is 4.79 Å². The lowest BCUT2D eigenvalue weighted by molar-refractivity contribution is -0.139. The third-order valence-electron chi connectivity index (χ3n) is 2.34. The minimum Gasteiger partial charge on any atom is -0.480 e. The lowest BCUT2D eigenvalue weighted by Gasteiger charge is -2.10. The maximum Gasteiger partial charge on any atom is 0.341 e. The summed E-state index contributed by atoms with van der Waals surface area (Å²) in [5, 5.41) is 11.4. The first kappa shape index (κ1) is 14.7. The molecule has 21 heavy (non-hydrogen) atoms. The van der Waals surface area contributed by atoms with Gasteiger partial charge in [0.05, 0.1) is 18.1 Å². The Labute approximate surface area is 124 Å². The summed E-state index contributed by atoms with van der Waals surface area (Å²) in [5.74, 6) is -1.37. The fraction of sp³-hybridized carbons (Fsp3) is 0.0769. The van der Waals surface area contributed by atoms with Crippen LogP contribution in [0.4, 0.5) is 5.69 Å². The molecule has 2 N–H and O–H groups in total. The molecule has 1 aromatic carbocycles. The number of halogens is 1. The highest BCUT2D eigenvalue weighted by Gasteiger charge is 2.12. The second-order valence-electron chi connectivity index (χ2n) is 3.86. The van der Waals surface area contributed by atoms with Crippen molar-refractivity contribution in [2.45, 2.75) is 0 Å². The van der Waals surface area contributed by atoms with Gasteiger partial charge in [-0.2, -0.15) is 0 Å². The molecule has 0 aliphatic carbocycles. The normalized spacial score (nSPS) is 9.95. The zero-order valence-electron chi connectivity index (χ0n) is 10.6. The maximum absolute atomic E-state index is 12.0. The summed E-state index contributed by atoms with van der Waals surface area (Å²) >= 11 is 5.59. The summed E-state index contributed by atoms with van der Waals surface area (Å²) in [7, 11) is 0. The van der Waals surface area contributed by atoms with Gasteiger partial charge < -0.3 is 15.2 Å². The molecule has 8 heteroatoms. The number of para-hydroxylation sites is 2. The Balaban J connectivity index is 2.13. The monoisotopic (exact) mass is 307 g/mol. The van der Waals surface area contributed by atoms with E-state index in [2.05, 4.69) is 15.3 Å². The van der Waals surface area contributed by atoms with Gasteiger partial charge in [-0.05, 0) is 12.1 Å². The molecule has 0 saturated heterocycles. The number of anilines is 1. The van der Waals surface area contributed by atoms with Crippen LogP contribution < -0.4 is 10.1 Å². The van der Waals surface area contributed by atoms with Gasteiger partial charge in [0.2, 0.25) is 0 Å². The molecule has 0 atom stereocenters. The molecular weight excluding hydrogens is 298 g/mol. The van der Waals surface area contributed by atoms with E-state index in [4.69, 9.17) is 21.4 Å². The number of carboxylic acid groups (broad SMARTS) is 1. The van der Waals surface area contributed by atoms with Crippen LogP contribution in [0.2, 0.25) is 5.15 Å². The molecule has 0 fully saturated rings. The molecule has 2 aromatic rings. The van der Waals surface area contributed by atoms with Crippen molar-refractivity contribution in [3.8, 4) is 5.75 Å². The highest BCUT2D eigenvalue weighted by molar-refractivity contribution is 6.29. The standard InChI is InChI=1S/C13H10ClN3O4/c14-11-6-15-9(5-16-11)13(20)17-8-3-1-2-4-10(8)21-7-12(18)19/h1-6H,7H2,(H,17,20)(H,18,19). The topological polar surface area (TPSA) is 101 Å². The summed E-state index contributed by atoms with van der Waals surface area (Å²) in [5.41, 5.74) is 0.410. The van der Waals surface area contributed by atoms with E-state index in [1.165, 1.54) is 12.4 Å². The molecule has 7 nitrogen and oxygen atoms in total. The van der Waals surface area contributed by atoms with Crippen molar-refractivity contribution in [2.24, 2.45) is 0 Å². The molecule has 0 spiro atoms. The number of benzene rings is 1. The molecule has 1 aromatic heterocycles. The Hall–Kier alpha value is -2.67. The molecular formula is C13H10ClN3O4. The third-order valence-corrected chi connectivity index (χ3v) is 2.53. The van der Waals surface area contributed by atoms with Crippen molar-refractivity contribution in [3.05, 3.63) is 47.5 Å².